The molecule has 0 saturated carbocycles. The highest BCUT2D eigenvalue weighted by molar-refractivity contribution is 7.89. The summed E-state index contributed by atoms with van der Waals surface area (Å²) in [7, 11) is -3.74. The van der Waals surface area contributed by atoms with Gasteiger partial charge in [-0.25, -0.2) is 13.6 Å². The first-order valence-electron chi connectivity index (χ1n) is 6.40. The molecule has 0 aliphatic carbocycles. The molecule has 0 bridgehead atoms. The van der Waals surface area contributed by atoms with Gasteiger partial charge in [0.15, 0.2) is 0 Å². The largest absolute Gasteiger partial charge is 0.380 e. The Morgan fingerprint density at radius 1 is 1.14 bits per heavy atom. The third-order valence-corrected chi connectivity index (χ3v) is 4.48. The van der Waals surface area contributed by atoms with Gasteiger partial charge < -0.3 is 5.32 Å². The number of aryl methyl sites for hydroxylation is 2. The summed E-state index contributed by atoms with van der Waals surface area (Å²) in [6, 6.07) is 10.5. The maximum atomic E-state index is 11.4. The van der Waals surface area contributed by atoms with Gasteiger partial charge in [0.1, 0.15) is 0 Å². The number of hydrogen-bond acceptors (Lipinski definition) is 3. The Bertz CT molecular complexity index is 773. The van der Waals surface area contributed by atoms with Crippen LogP contribution in [0.15, 0.2) is 41.3 Å². The fourth-order valence-electron chi connectivity index (χ4n) is 2.00. The van der Waals surface area contributed by atoms with Gasteiger partial charge in [0.05, 0.1) is 15.6 Å². The molecule has 0 saturated heterocycles. The van der Waals surface area contributed by atoms with Gasteiger partial charge in [-0.2, -0.15) is 0 Å². The zero-order valence-corrected chi connectivity index (χ0v) is 13.4. The lowest BCUT2D eigenvalue weighted by atomic mass is 10.1. The monoisotopic (exact) mass is 324 g/mol. The second kappa shape index (κ2) is 6.05. The lowest BCUT2D eigenvalue weighted by Gasteiger charge is -2.12. The topological polar surface area (TPSA) is 72.2 Å². The van der Waals surface area contributed by atoms with Gasteiger partial charge in [-0.05, 0) is 43.2 Å². The van der Waals surface area contributed by atoms with Crippen molar-refractivity contribution in [2.45, 2.75) is 25.3 Å². The Balaban J connectivity index is 2.26. The summed E-state index contributed by atoms with van der Waals surface area (Å²) in [6.07, 6.45) is 0. The van der Waals surface area contributed by atoms with Crippen molar-refractivity contribution in [3.63, 3.8) is 0 Å². The highest BCUT2D eigenvalue weighted by Crippen LogP contribution is 2.25. The molecule has 0 aliphatic heterocycles. The zero-order chi connectivity index (χ0) is 15.6. The maximum Gasteiger partial charge on any atom is 0.238 e. The summed E-state index contributed by atoms with van der Waals surface area (Å²) in [5, 5.41) is 8.74. The van der Waals surface area contributed by atoms with Crippen LogP contribution in [0.2, 0.25) is 5.02 Å². The second-order valence-electron chi connectivity index (χ2n) is 4.97. The van der Waals surface area contributed by atoms with E-state index in [1.807, 2.05) is 19.9 Å². The fraction of sp³-hybridized carbons (Fsp3) is 0.200. The molecule has 2 aromatic rings. The summed E-state index contributed by atoms with van der Waals surface area (Å²) in [6.45, 7) is 4.61. The van der Waals surface area contributed by atoms with Gasteiger partial charge in [0.2, 0.25) is 10.0 Å². The van der Waals surface area contributed by atoms with E-state index in [1.165, 1.54) is 23.8 Å². The third-order valence-electron chi connectivity index (χ3n) is 3.24. The maximum absolute atomic E-state index is 11.4. The predicted molar refractivity (Wildman–Crippen MR) is 86.1 cm³/mol. The molecule has 0 heterocycles. The molecule has 2 aromatic carbocycles. The molecule has 0 aromatic heterocycles. The van der Waals surface area contributed by atoms with Gasteiger partial charge in [0.25, 0.3) is 0 Å². The molecule has 4 nitrogen and oxygen atoms in total. The molecule has 112 valence electrons. The van der Waals surface area contributed by atoms with Crippen LogP contribution in [0.3, 0.4) is 0 Å². The number of sulfonamides is 1. The lowest BCUT2D eigenvalue weighted by Crippen LogP contribution is -2.12. The Morgan fingerprint density at radius 2 is 1.86 bits per heavy atom. The summed E-state index contributed by atoms with van der Waals surface area (Å²) in [5.74, 6) is 0. The van der Waals surface area contributed by atoms with E-state index in [4.69, 9.17) is 16.7 Å². The van der Waals surface area contributed by atoms with Gasteiger partial charge in [0, 0.05) is 6.54 Å². The van der Waals surface area contributed by atoms with E-state index in [-0.39, 0.29) is 4.90 Å². The van der Waals surface area contributed by atoms with Crippen LogP contribution in [0.5, 0.6) is 0 Å². The summed E-state index contributed by atoms with van der Waals surface area (Å²) < 4.78 is 22.8. The number of primary sulfonamides is 1. The molecule has 0 radical (unpaired) electrons. The van der Waals surface area contributed by atoms with Crippen LogP contribution >= 0.6 is 11.6 Å². The minimum Gasteiger partial charge on any atom is -0.380 e. The van der Waals surface area contributed by atoms with Crippen molar-refractivity contribution in [3.05, 3.63) is 58.1 Å². The van der Waals surface area contributed by atoms with Crippen molar-refractivity contribution < 1.29 is 8.42 Å². The van der Waals surface area contributed by atoms with Crippen LogP contribution in [0.1, 0.15) is 16.7 Å². The van der Waals surface area contributed by atoms with E-state index in [0.29, 0.717) is 17.3 Å². The molecule has 0 unspecified atom stereocenters. The molecular weight excluding hydrogens is 308 g/mol. The molecule has 0 fully saturated rings. The SMILES string of the molecule is Cc1ccc(C)c(CNc2cc(S(N)(=O)=O)ccc2Cl)c1. The molecule has 0 aliphatic rings. The number of hydrogen-bond donors (Lipinski definition) is 2. The number of benzene rings is 2. The summed E-state index contributed by atoms with van der Waals surface area (Å²) >= 11 is 6.09. The number of halogens is 1. The van der Waals surface area contributed by atoms with Crippen molar-refractivity contribution in [2.75, 3.05) is 5.32 Å². The minimum atomic E-state index is -3.74. The summed E-state index contributed by atoms with van der Waals surface area (Å²) in [4.78, 5) is 0.0374. The number of anilines is 1. The van der Waals surface area contributed by atoms with Crippen LogP contribution in [-0.4, -0.2) is 8.42 Å². The fourth-order valence-corrected chi connectivity index (χ4v) is 2.72. The van der Waals surface area contributed by atoms with Crippen LogP contribution < -0.4 is 10.5 Å². The second-order valence-corrected chi connectivity index (χ2v) is 6.94. The van der Waals surface area contributed by atoms with Crippen LogP contribution in [0, 0.1) is 13.8 Å². The van der Waals surface area contributed by atoms with Gasteiger partial charge in [-0.15, -0.1) is 0 Å². The van der Waals surface area contributed by atoms with Gasteiger partial charge in [-0.1, -0.05) is 35.4 Å². The molecule has 6 heteroatoms. The standard InChI is InChI=1S/C15H17ClN2O2S/c1-10-3-4-11(2)12(7-10)9-18-15-8-13(21(17,19)20)5-6-14(15)16/h3-8,18H,9H2,1-2H3,(H2,17,19,20). The van der Waals surface area contributed by atoms with Crippen LogP contribution in [0.25, 0.3) is 0 Å². The quantitative estimate of drug-likeness (QED) is 0.907. The average molecular weight is 325 g/mol. The van der Waals surface area contributed by atoms with E-state index in [0.717, 1.165) is 11.1 Å². The minimum absolute atomic E-state index is 0.0374. The first-order valence-corrected chi connectivity index (χ1v) is 8.32. The molecule has 0 amide bonds. The van der Waals surface area contributed by atoms with E-state index in [9.17, 15) is 8.42 Å². The van der Waals surface area contributed by atoms with Crippen molar-refractivity contribution in [2.24, 2.45) is 5.14 Å². The highest BCUT2D eigenvalue weighted by Gasteiger charge is 2.11. The Morgan fingerprint density at radius 3 is 2.52 bits per heavy atom. The van der Waals surface area contributed by atoms with Gasteiger partial charge in [-0.3, -0.25) is 0 Å². The molecule has 0 spiro atoms. The van der Waals surface area contributed by atoms with Crippen LogP contribution in [0.4, 0.5) is 5.69 Å². The number of nitrogens with one attached hydrogen (secondary N) is 1. The van der Waals surface area contributed by atoms with Crippen molar-refractivity contribution in [1.82, 2.24) is 0 Å². The molecule has 0 atom stereocenters. The average Bonchev–Trinajstić information content (AvgIpc) is 2.40. The van der Waals surface area contributed by atoms with Crippen molar-refractivity contribution in [1.29, 1.82) is 0 Å². The Hall–Kier alpha value is -1.56. The predicted octanol–water partition coefficient (Wildman–Crippen LogP) is 3.22. The first-order chi connectivity index (χ1) is 9.77. The third kappa shape index (κ3) is 3.97. The Kier molecular flexibility index (Phi) is 4.56. The molecule has 21 heavy (non-hydrogen) atoms. The summed E-state index contributed by atoms with van der Waals surface area (Å²) in [5.41, 5.74) is 4.00. The number of nitrogens with two attached hydrogens (primary N) is 1. The van der Waals surface area contributed by atoms with E-state index in [1.54, 1.807) is 0 Å². The number of rotatable bonds is 4. The van der Waals surface area contributed by atoms with Gasteiger partial charge >= 0.3 is 0 Å². The normalized spacial score (nSPS) is 11.4. The molecule has 3 N–H and O–H groups in total. The van der Waals surface area contributed by atoms with Crippen LogP contribution in [-0.2, 0) is 16.6 Å². The highest BCUT2D eigenvalue weighted by atomic mass is 35.5. The lowest BCUT2D eigenvalue weighted by molar-refractivity contribution is 0.598. The van der Waals surface area contributed by atoms with Crippen molar-refractivity contribution >= 4 is 27.3 Å². The van der Waals surface area contributed by atoms with E-state index >= 15 is 0 Å². The van der Waals surface area contributed by atoms with Crippen molar-refractivity contribution in [3.8, 4) is 0 Å². The first kappa shape index (κ1) is 15.8. The Labute approximate surface area is 130 Å². The molecule has 2 rings (SSSR count). The molecular formula is C15H17ClN2O2S. The van der Waals surface area contributed by atoms with E-state index < -0.39 is 10.0 Å². The zero-order valence-electron chi connectivity index (χ0n) is 11.9. The van der Waals surface area contributed by atoms with E-state index in [2.05, 4.69) is 17.4 Å². The smallest absolute Gasteiger partial charge is 0.238 e.